The maximum absolute atomic E-state index is 14.5. The van der Waals surface area contributed by atoms with E-state index in [0.717, 1.165) is 5.56 Å². The van der Waals surface area contributed by atoms with Gasteiger partial charge >= 0.3 is 0 Å². The van der Waals surface area contributed by atoms with Crippen LogP contribution >= 0.6 is 0 Å². The third-order valence-electron chi connectivity index (χ3n) is 8.64. The molecule has 5 rings (SSSR count). The number of para-hydroxylation sites is 1. The van der Waals surface area contributed by atoms with E-state index in [0.29, 0.717) is 17.0 Å². The van der Waals surface area contributed by atoms with Crippen molar-refractivity contribution in [1.29, 1.82) is 5.26 Å². The lowest BCUT2D eigenvalue weighted by Gasteiger charge is -2.37. The summed E-state index contributed by atoms with van der Waals surface area (Å²) in [4.78, 5) is 57.9. The van der Waals surface area contributed by atoms with Crippen molar-refractivity contribution in [2.24, 2.45) is 5.41 Å². The zero-order valence-electron chi connectivity index (χ0n) is 26.5. The van der Waals surface area contributed by atoms with Gasteiger partial charge in [0.05, 0.1) is 11.5 Å². The minimum Gasteiger partial charge on any atom is -0.361 e. The molecule has 4 atom stereocenters. The van der Waals surface area contributed by atoms with Gasteiger partial charge in [-0.25, -0.2) is 4.39 Å². The molecule has 12 heteroatoms. The fourth-order valence-corrected chi connectivity index (χ4v) is 6.31. The van der Waals surface area contributed by atoms with E-state index in [9.17, 15) is 28.8 Å². The monoisotopic (exact) mass is 628 g/mol. The highest BCUT2D eigenvalue weighted by Gasteiger charge is 2.57. The SMILES string of the molecule is Cc1cc(C(=O)NC(Cc2ccc(F)cc2)C(=O)N(C)[C@@H](CC(C)(C)C)C(=O)N2C[C@]3(C[C@H]2C#N)C(=O)Nc2ccccc23)no1. The lowest BCUT2D eigenvalue weighted by molar-refractivity contribution is -0.147. The molecule has 3 aromatic rings. The summed E-state index contributed by atoms with van der Waals surface area (Å²) < 4.78 is 18.7. The molecule has 11 nitrogen and oxygen atoms in total. The molecule has 1 aromatic heterocycles. The first-order chi connectivity index (χ1) is 21.7. The highest BCUT2D eigenvalue weighted by molar-refractivity contribution is 6.07. The number of aryl methyl sites for hydroxylation is 1. The van der Waals surface area contributed by atoms with Crippen LogP contribution in [0, 0.1) is 29.5 Å². The molecule has 240 valence electrons. The Morgan fingerprint density at radius 1 is 1.22 bits per heavy atom. The number of likely N-dealkylation sites (tertiary alicyclic amines) is 1. The molecule has 1 fully saturated rings. The van der Waals surface area contributed by atoms with E-state index >= 15 is 0 Å². The topological polar surface area (TPSA) is 149 Å². The number of benzene rings is 2. The second-order valence-corrected chi connectivity index (χ2v) is 13.3. The van der Waals surface area contributed by atoms with Crippen molar-refractivity contribution in [3.8, 4) is 6.07 Å². The van der Waals surface area contributed by atoms with Crippen LogP contribution in [0.25, 0.3) is 0 Å². The van der Waals surface area contributed by atoms with Crippen molar-refractivity contribution in [2.75, 3.05) is 18.9 Å². The predicted molar refractivity (Wildman–Crippen MR) is 166 cm³/mol. The molecule has 2 aliphatic rings. The molecule has 1 unspecified atom stereocenters. The van der Waals surface area contributed by atoms with Gasteiger partial charge in [-0.3, -0.25) is 19.2 Å². The molecule has 2 aliphatic heterocycles. The third kappa shape index (κ3) is 6.36. The van der Waals surface area contributed by atoms with E-state index in [1.54, 1.807) is 13.0 Å². The van der Waals surface area contributed by atoms with Gasteiger partial charge in [0, 0.05) is 38.2 Å². The molecule has 4 amide bonds. The first kappa shape index (κ1) is 32.3. The number of anilines is 1. The number of rotatable bonds is 8. The number of hydrogen-bond acceptors (Lipinski definition) is 7. The summed E-state index contributed by atoms with van der Waals surface area (Å²) in [6.45, 7) is 7.42. The van der Waals surface area contributed by atoms with Crippen molar-refractivity contribution in [2.45, 2.75) is 70.5 Å². The molecule has 3 heterocycles. The number of likely N-dealkylation sites (N-methyl/N-ethyl adjacent to an activating group) is 1. The molecule has 46 heavy (non-hydrogen) atoms. The molecular formula is C34H37FN6O5. The Hall–Kier alpha value is -5.05. The minimum absolute atomic E-state index is 0.00700. The van der Waals surface area contributed by atoms with Gasteiger partial charge < -0.3 is 25.0 Å². The second-order valence-electron chi connectivity index (χ2n) is 13.3. The maximum atomic E-state index is 14.5. The molecule has 2 aromatic carbocycles. The molecule has 0 saturated carbocycles. The van der Waals surface area contributed by atoms with Gasteiger partial charge in [0.2, 0.25) is 17.7 Å². The summed E-state index contributed by atoms with van der Waals surface area (Å²) in [5.41, 5.74) is 0.432. The van der Waals surface area contributed by atoms with Crippen molar-refractivity contribution < 1.29 is 28.1 Å². The summed E-state index contributed by atoms with van der Waals surface area (Å²) in [6, 6.07) is 13.4. The van der Waals surface area contributed by atoms with E-state index in [1.807, 2.05) is 39.0 Å². The Morgan fingerprint density at radius 3 is 2.54 bits per heavy atom. The largest absolute Gasteiger partial charge is 0.361 e. The number of amides is 4. The van der Waals surface area contributed by atoms with Gasteiger partial charge in [-0.2, -0.15) is 5.26 Å². The average Bonchev–Trinajstić information content (AvgIpc) is 3.71. The molecular weight excluding hydrogens is 591 g/mol. The Morgan fingerprint density at radius 2 is 1.91 bits per heavy atom. The van der Waals surface area contributed by atoms with Crippen LogP contribution in [0.4, 0.5) is 10.1 Å². The summed E-state index contributed by atoms with van der Waals surface area (Å²) in [6.07, 6.45) is 0.365. The Bertz CT molecular complexity index is 1710. The Kier molecular flexibility index (Phi) is 8.71. The van der Waals surface area contributed by atoms with Crippen LogP contribution in [0.3, 0.4) is 0 Å². The number of hydrogen-bond donors (Lipinski definition) is 2. The zero-order chi connectivity index (χ0) is 33.4. The smallest absolute Gasteiger partial charge is 0.274 e. The van der Waals surface area contributed by atoms with Crippen LogP contribution < -0.4 is 10.6 Å². The maximum Gasteiger partial charge on any atom is 0.274 e. The summed E-state index contributed by atoms with van der Waals surface area (Å²) in [5, 5.41) is 19.5. The molecule has 0 aliphatic carbocycles. The van der Waals surface area contributed by atoms with Gasteiger partial charge in [0.25, 0.3) is 5.91 Å². The van der Waals surface area contributed by atoms with Crippen molar-refractivity contribution in [1.82, 2.24) is 20.3 Å². The van der Waals surface area contributed by atoms with Crippen LogP contribution in [0.1, 0.15) is 61.0 Å². The lowest BCUT2D eigenvalue weighted by Crippen LogP contribution is -2.57. The number of fused-ring (bicyclic) bond motifs is 2. The van der Waals surface area contributed by atoms with E-state index in [4.69, 9.17) is 4.52 Å². The lowest BCUT2D eigenvalue weighted by atomic mass is 9.80. The Labute approximate surface area is 266 Å². The fourth-order valence-electron chi connectivity index (χ4n) is 6.31. The number of nitrogens with one attached hydrogen (secondary N) is 2. The average molecular weight is 629 g/mol. The first-order valence-corrected chi connectivity index (χ1v) is 15.1. The number of halogens is 1. The molecule has 1 saturated heterocycles. The Balaban J connectivity index is 1.46. The second kappa shape index (κ2) is 12.4. The molecule has 0 bridgehead atoms. The predicted octanol–water partition coefficient (Wildman–Crippen LogP) is 3.74. The number of nitriles is 1. The highest BCUT2D eigenvalue weighted by atomic mass is 19.1. The van der Waals surface area contributed by atoms with E-state index in [-0.39, 0.29) is 37.4 Å². The van der Waals surface area contributed by atoms with Gasteiger partial charge in [-0.05, 0) is 48.1 Å². The van der Waals surface area contributed by atoms with Gasteiger partial charge in [-0.15, -0.1) is 0 Å². The number of nitrogens with zero attached hydrogens (tertiary/aromatic N) is 4. The van der Waals surface area contributed by atoms with Crippen LogP contribution in [-0.2, 0) is 26.2 Å². The minimum atomic E-state index is -1.15. The van der Waals surface area contributed by atoms with E-state index in [1.165, 1.54) is 47.2 Å². The van der Waals surface area contributed by atoms with Crippen molar-refractivity contribution in [3.63, 3.8) is 0 Å². The highest BCUT2D eigenvalue weighted by Crippen LogP contribution is 2.46. The summed E-state index contributed by atoms with van der Waals surface area (Å²) in [5.74, 6) is -1.99. The van der Waals surface area contributed by atoms with Crippen molar-refractivity contribution >= 4 is 29.3 Å². The first-order valence-electron chi connectivity index (χ1n) is 15.1. The van der Waals surface area contributed by atoms with Crippen LogP contribution in [0.5, 0.6) is 0 Å². The quantitative estimate of drug-likeness (QED) is 0.386. The third-order valence-corrected chi connectivity index (χ3v) is 8.64. The molecule has 1 spiro atoms. The van der Waals surface area contributed by atoms with Gasteiger partial charge in [0.1, 0.15) is 29.7 Å². The van der Waals surface area contributed by atoms with Crippen LogP contribution in [0.15, 0.2) is 59.1 Å². The normalized spacial score (nSPS) is 20.1. The number of aromatic nitrogens is 1. The van der Waals surface area contributed by atoms with E-state index in [2.05, 4.69) is 21.9 Å². The van der Waals surface area contributed by atoms with Crippen LogP contribution in [-0.4, -0.2) is 70.3 Å². The van der Waals surface area contributed by atoms with Crippen molar-refractivity contribution in [3.05, 3.63) is 83.0 Å². The number of carbonyl (C=O) groups is 4. The van der Waals surface area contributed by atoms with E-state index < -0.39 is 52.5 Å². The summed E-state index contributed by atoms with van der Waals surface area (Å²) in [7, 11) is 1.49. The standard InChI is InChI=1S/C34H37FN6O5/c1-20-14-26(39-46-20)29(42)37-27(15-21-10-12-22(35)13-11-21)30(43)40(5)28(17-33(2,3)4)31(44)41-19-34(16-23(41)18-36)24-8-6-7-9-25(24)38-32(34)45/h6-14,23,27-28H,15-17,19H2,1-5H3,(H,37,42)(H,38,45)/t23-,27?,28-,34-/m0/s1. The summed E-state index contributed by atoms with van der Waals surface area (Å²) >= 11 is 0. The molecule has 0 radical (unpaired) electrons. The fraction of sp³-hybridized carbons (Fsp3) is 0.412. The van der Waals surface area contributed by atoms with Gasteiger partial charge in [0.15, 0.2) is 5.69 Å². The molecule has 2 N–H and O–H groups in total. The zero-order valence-corrected chi connectivity index (χ0v) is 26.5. The van der Waals surface area contributed by atoms with Crippen LogP contribution in [0.2, 0.25) is 0 Å². The number of carbonyl (C=O) groups excluding carboxylic acids is 4. The van der Waals surface area contributed by atoms with Gasteiger partial charge in [-0.1, -0.05) is 56.3 Å².